The number of halogens is 4. The van der Waals surface area contributed by atoms with E-state index < -0.39 is 18.3 Å². The van der Waals surface area contributed by atoms with Crippen LogP contribution in [0.1, 0.15) is 20.8 Å². The van der Waals surface area contributed by atoms with Crippen molar-refractivity contribution in [3.05, 3.63) is 24.0 Å². The molecule has 108 valence electrons. The largest absolute Gasteiger partial charge is 1.00 e. The van der Waals surface area contributed by atoms with Gasteiger partial charge >= 0.3 is 58.4 Å². The molecule has 0 spiro atoms. The Balaban J connectivity index is 0.00000361. The Morgan fingerprint density at radius 1 is 1.10 bits per heavy atom. The van der Waals surface area contributed by atoms with Gasteiger partial charge in [-0.3, -0.25) is 0 Å². The predicted octanol–water partition coefficient (Wildman–Crippen LogP) is 0.0780. The van der Waals surface area contributed by atoms with Gasteiger partial charge in [0.2, 0.25) is 0 Å². The number of ether oxygens (including phenoxy) is 2. The van der Waals surface area contributed by atoms with Crippen molar-refractivity contribution >= 4 is 12.4 Å². The van der Waals surface area contributed by atoms with E-state index in [1.807, 2.05) is 20.8 Å². The van der Waals surface area contributed by atoms with Crippen LogP contribution in [0.25, 0.3) is 0 Å². The molecule has 1 aromatic rings. The molecule has 0 bridgehead atoms. The van der Waals surface area contributed by atoms with Gasteiger partial charge in [-0.2, -0.15) is 0 Å². The van der Waals surface area contributed by atoms with Gasteiger partial charge in [0.15, 0.2) is 0 Å². The molecule has 0 heterocycles. The normalized spacial score (nSPS) is 11.9. The second-order valence-electron chi connectivity index (χ2n) is 5.07. The first-order valence-corrected chi connectivity index (χ1v) is 5.86. The van der Waals surface area contributed by atoms with E-state index in [9.17, 15) is 17.3 Å². The Morgan fingerprint density at radius 3 is 2.15 bits per heavy atom. The fourth-order valence-corrected chi connectivity index (χ4v) is 1.37. The first-order chi connectivity index (χ1) is 8.59. The van der Waals surface area contributed by atoms with Crippen molar-refractivity contribution in [3.63, 3.8) is 0 Å². The number of rotatable bonds is 5. The van der Waals surface area contributed by atoms with Crippen molar-refractivity contribution in [2.45, 2.75) is 26.4 Å². The first-order valence-electron chi connectivity index (χ1n) is 5.86. The molecule has 20 heavy (non-hydrogen) atoms. The molecule has 0 aliphatic rings. The van der Waals surface area contributed by atoms with E-state index >= 15 is 0 Å². The van der Waals surface area contributed by atoms with Crippen molar-refractivity contribution < 1.29 is 78.2 Å². The van der Waals surface area contributed by atoms with Crippen molar-refractivity contribution in [1.29, 1.82) is 0 Å². The fraction of sp³-hybridized carbons (Fsp3) is 0.500. The maximum Gasteiger partial charge on any atom is 1.00 e. The van der Waals surface area contributed by atoms with Gasteiger partial charge in [-0.15, -0.1) is 0 Å². The van der Waals surface area contributed by atoms with E-state index in [1.165, 1.54) is 0 Å². The second-order valence-corrected chi connectivity index (χ2v) is 5.07. The number of hydrogen-bond acceptors (Lipinski definition) is 2. The molecular weight excluding hydrogens is 302 g/mol. The minimum absolute atomic E-state index is 0. The minimum atomic E-state index is -5.34. The zero-order valence-electron chi connectivity index (χ0n) is 12.1. The molecule has 0 fully saturated rings. The monoisotopic (exact) mass is 318 g/mol. The summed E-state index contributed by atoms with van der Waals surface area (Å²) in [6.07, 6.45) is 0. The third-order valence-electron chi connectivity index (χ3n) is 2.21. The molecule has 0 N–H and O–H groups in total. The first kappa shape index (κ1) is 20.4. The quantitative estimate of drug-likeness (QED) is 0.435. The van der Waals surface area contributed by atoms with E-state index in [1.54, 1.807) is 0 Å². The van der Waals surface area contributed by atoms with Crippen LogP contribution in [-0.2, 0) is 4.74 Å². The van der Waals surface area contributed by atoms with Crippen LogP contribution in [0.3, 0.4) is 0 Å². The van der Waals surface area contributed by atoms with Gasteiger partial charge in [0.25, 0.3) is 0 Å². The van der Waals surface area contributed by atoms with Crippen LogP contribution in [0.15, 0.2) is 18.2 Å². The van der Waals surface area contributed by atoms with Gasteiger partial charge < -0.3 is 22.4 Å². The molecule has 0 radical (unpaired) electrons. The van der Waals surface area contributed by atoms with E-state index in [0.717, 1.165) is 12.1 Å². The SMILES string of the molecule is CC(C)(C)OCCOc1ccc([B-](F)(F)F)c(F)c1.[K+]. The molecule has 2 nitrogen and oxygen atoms in total. The minimum Gasteiger partial charge on any atom is -0.491 e. The summed E-state index contributed by atoms with van der Waals surface area (Å²) in [5, 5.41) is 0. The van der Waals surface area contributed by atoms with E-state index in [0.29, 0.717) is 6.07 Å². The summed E-state index contributed by atoms with van der Waals surface area (Å²) in [6, 6.07) is 2.53. The Labute approximate surface area is 158 Å². The van der Waals surface area contributed by atoms with Crippen molar-refractivity contribution in [2.75, 3.05) is 13.2 Å². The topological polar surface area (TPSA) is 18.5 Å². The Hall–Kier alpha value is 0.401. The van der Waals surface area contributed by atoms with Crippen LogP contribution in [0.4, 0.5) is 17.3 Å². The van der Waals surface area contributed by atoms with Crippen LogP contribution >= 0.6 is 0 Å². The number of hydrogen-bond donors (Lipinski definition) is 0. The predicted molar refractivity (Wildman–Crippen MR) is 66.3 cm³/mol. The summed E-state index contributed by atoms with van der Waals surface area (Å²) in [4.78, 5) is 0. The molecule has 0 atom stereocenters. The van der Waals surface area contributed by atoms with Gasteiger partial charge in [-0.25, -0.2) is 4.39 Å². The van der Waals surface area contributed by atoms with E-state index in [2.05, 4.69) is 0 Å². The third-order valence-corrected chi connectivity index (χ3v) is 2.21. The molecule has 0 saturated carbocycles. The molecule has 1 aromatic carbocycles. The Kier molecular flexibility index (Phi) is 8.31. The van der Waals surface area contributed by atoms with E-state index in [4.69, 9.17) is 9.47 Å². The zero-order chi connectivity index (χ0) is 14.7. The van der Waals surface area contributed by atoms with E-state index in [-0.39, 0.29) is 75.9 Å². The average molecular weight is 318 g/mol. The smallest absolute Gasteiger partial charge is 0.491 e. The van der Waals surface area contributed by atoms with Crippen molar-refractivity contribution in [3.8, 4) is 5.75 Å². The summed E-state index contributed by atoms with van der Waals surface area (Å²) in [5.41, 5.74) is -1.56. The van der Waals surface area contributed by atoms with Crippen molar-refractivity contribution in [2.24, 2.45) is 0 Å². The third kappa shape index (κ3) is 7.42. The molecule has 0 unspecified atom stereocenters. The summed E-state index contributed by atoms with van der Waals surface area (Å²) < 4.78 is 60.9. The molecular formula is C12H16BF4KO2. The van der Waals surface area contributed by atoms with Crippen LogP contribution in [0.2, 0.25) is 0 Å². The molecule has 0 aromatic heterocycles. The second kappa shape index (κ2) is 8.14. The standard InChI is InChI=1S/C12H16BF4O2.K/c1-12(2,3)19-7-6-18-9-4-5-10(11(14)8-9)13(15,16)17;/h4-5,8H,6-7H2,1-3H3;/q-1;+1. The molecule has 0 aliphatic carbocycles. The average Bonchev–Trinajstić information content (AvgIpc) is 2.21. The summed E-state index contributed by atoms with van der Waals surface area (Å²) in [6.45, 7) is 0.687. The van der Waals surface area contributed by atoms with Gasteiger partial charge in [0, 0.05) is 6.07 Å². The van der Waals surface area contributed by atoms with Gasteiger partial charge in [0.1, 0.15) is 12.4 Å². The van der Waals surface area contributed by atoms with Crippen LogP contribution in [0.5, 0.6) is 5.75 Å². The Bertz CT molecular complexity index is 432. The maximum absolute atomic E-state index is 13.2. The molecule has 0 aliphatic heterocycles. The van der Waals surface area contributed by atoms with Crippen molar-refractivity contribution in [1.82, 2.24) is 0 Å². The summed E-state index contributed by atoms with van der Waals surface area (Å²) >= 11 is 0. The molecule has 0 saturated heterocycles. The van der Waals surface area contributed by atoms with Crippen LogP contribution in [-0.4, -0.2) is 25.8 Å². The van der Waals surface area contributed by atoms with Gasteiger partial charge in [-0.1, -0.05) is 11.5 Å². The Morgan fingerprint density at radius 2 is 1.70 bits per heavy atom. The van der Waals surface area contributed by atoms with Gasteiger partial charge in [-0.05, 0) is 26.8 Å². The summed E-state index contributed by atoms with van der Waals surface area (Å²) in [7, 11) is 0. The summed E-state index contributed by atoms with van der Waals surface area (Å²) in [5.74, 6) is -1.26. The fourth-order valence-electron chi connectivity index (χ4n) is 1.37. The number of benzene rings is 1. The molecule has 0 amide bonds. The molecule has 8 heteroatoms. The van der Waals surface area contributed by atoms with Gasteiger partial charge in [0.05, 0.1) is 18.0 Å². The maximum atomic E-state index is 13.2. The van der Waals surface area contributed by atoms with Crippen LogP contribution < -0.4 is 61.6 Å². The van der Waals surface area contributed by atoms with Crippen LogP contribution in [0, 0.1) is 5.82 Å². The zero-order valence-corrected chi connectivity index (χ0v) is 15.2. The molecule has 1 rings (SSSR count).